The number of hydrogen-bond acceptors (Lipinski definition) is 9. The number of nitrogens with zero attached hydrogens (tertiary/aromatic N) is 6. The number of aromatic nitrogens is 2. The molecule has 0 atom stereocenters. The highest BCUT2D eigenvalue weighted by atomic mass is 35.5. The second-order valence-corrected chi connectivity index (χ2v) is 10.5. The van der Waals surface area contributed by atoms with Crippen molar-refractivity contribution in [2.45, 2.75) is 20.3 Å². The van der Waals surface area contributed by atoms with E-state index in [2.05, 4.69) is 30.6 Å². The predicted octanol–water partition coefficient (Wildman–Crippen LogP) is 2.46. The lowest BCUT2D eigenvalue weighted by molar-refractivity contribution is -0.119. The van der Waals surface area contributed by atoms with Crippen LogP contribution in [0.4, 0.5) is 11.5 Å². The highest BCUT2D eigenvalue weighted by Crippen LogP contribution is 2.28. The van der Waals surface area contributed by atoms with Crippen LogP contribution in [0.2, 0.25) is 10.0 Å². The minimum absolute atomic E-state index is 0.0652. The van der Waals surface area contributed by atoms with E-state index in [-0.39, 0.29) is 11.8 Å². The van der Waals surface area contributed by atoms with Crippen molar-refractivity contribution in [3.8, 4) is 0 Å². The van der Waals surface area contributed by atoms with Crippen LogP contribution in [0.3, 0.4) is 0 Å². The molecule has 3 heterocycles. The molecular formula is C27H36Cl2N8O4. The fourth-order valence-electron chi connectivity index (χ4n) is 4.42. The summed E-state index contributed by atoms with van der Waals surface area (Å²) < 4.78 is 11.1. The van der Waals surface area contributed by atoms with Gasteiger partial charge in [-0.15, -0.1) is 0 Å². The Morgan fingerprint density at radius 3 is 2.49 bits per heavy atom. The van der Waals surface area contributed by atoms with Crippen LogP contribution in [-0.4, -0.2) is 110 Å². The molecule has 12 nitrogen and oxygen atoms in total. The summed E-state index contributed by atoms with van der Waals surface area (Å²) in [5.41, 5.74) is 4.49. The molecule has 14 heteroatoms. The normalized spacial score (nSPS) is 16.7. The first-order chi connectivity index (χ1) is 19.8. The Morgan fingerprint density at radius 1 is 1.00 bits per heavy atom. The third-order valence-electron chi connectivity index (χ3n) is 6.55. The van der Waals surface area contributed by atoms with Crippen LogP contribution in [-0.2, 0) is 14.3 Å². The van der Waals surface area contributed by atoms with Gasteiger partial charge in [0.1, 0.15) is 17.4 Å². The van der Waals surface area contributed by atoms with Crippen molar-refractivity contribution < 1.29 is 19.1 Å². The number of halogens is 2. The minimum atomic E-state index is -0.124. The van der Waals surface area contributed by atoms with Gasteiger partial charge < -0.3 is 19.7 Å². The second-order valence-electron chi connectivity index (χ2n) is 9.67. The topological polar surface area (TPSA) is 125 Å². The summed E-state index contributed by atoms with van der Waals surface area (Å²) in [5, 5.41) is 5.61. The molecular weight excluding hydrogens is 571 g/mol. The van der Waals surface area contributed by atoms with Gasteiger partial charge in [-0.25, -0.2) is 15.0 Å². The molecule has 0 radical (unpaired) electrons. The number of aliphatic imine (C=N–C) groups is 1. The Morgan fingerprint density at radius 2 is 1.76 bits per heavy atom. The van der Waals surface area contributed by atoms with Gasteiger partial charge in [-0.2, -0.15) is 0 Å². The molecule has 2 amide bonds. The maximum absolute atomic E-state index is 13.2. The van der Waals surface area contributed by atoms with Crippen molar-refractivity contribution in [1.82, 2.24) is 30.5 Å². The SMILES string of the molecule is CC(=O)NCCOCCOCCN1CCN(C(=O)c2cc(N=C3CCN(c4ccc(Cl)c(Cl)c4)N3)nc(C)n2)CC1. The number of amides is 2. The number of benzene rings is 1. The number of nitrogens with one attached hydrogen (secondary N) is 2. The number of amidine groups is 1. The fourth-order valence-corrected chi connectivity index (χ4v) is 4.71. The van der Waals surface area contributed by atoms with Crippen LogP contribution in [0.15, 0.2) is 29.3 Å². The average molecular weight is 608 g/mol. The van der Waals surface area contributed by atoms with Crippen LogP contribution in [0.25, 0.3) is 0 Å². The molecule has 1 aromatic carbocycles. The van der Waals surface area contributed by atoms with E-state index in [1.165, 1.54) is 6.92 Å². The number of anilines is 1. The average Bonchev–Trinajstić information content (AvgIpc) is 3.41. The van der Waals surface area contributed by atoms with Gasteiger partial charge in [0.25, 0.3) is 5.91 Å². The molecule has 1 aromatic heterocycles. The number of hydrogen-bond donors (Lipinski definition) is 2. The minimum Gasteiger partial charge on any atom is -0.378 e. The van der Waals surface area contributed by atoms with Gasteiger partial charge in [0.05, 0.1) is 42.2 Å². The smallest absolute Gasteiger partial charge is 0.272 e. The highest BCUT2D eigenvalue weighted by molar-refractivity contribution is 6.42. The number of carbonyl (C=O) groups excluding carboxylic acids is 2. The summed E-state index contributed by atoms with van der Waals surface area (Å²) in [5.74, 6) is 1.48. The van der Waals surface area contributed by atoms with Gasteiger partial charge in [-0.3, -0.25) is 24.9 Å². The monoisotopic (exact) mass is 606 g/mol. The molecule has 0 aliphatic carbocycles. The molecule has 2 aromatic rings. The third-order valence-corrected chi connectivity index (χ3v) is 7.29. The van der Waals surface area contributed by atoms with E-state index in [9.17, 15) is 9.59 Å². The van der Waals surface area contributed by atoms with Crippen molar-refractivity contribution >= 4 is 52.4 Å². The summed E-state index contributed by atoms with van der Waals surface area (Å²) in [6.45, 7) is 10.0. The van der Waals surface area contributed by atoms with Gasteiger partial charge in [0.15, 0.2) is 5.82 Å². The zero-order valence-electron chi connectivity index (χ0n) is 23.4. The van der Waals surface area contributed by atoms with E-state index in [4.69, 9.17) is 32.7 Å². The van der Waals surface area contributed by atoms with Gasteiger partial charge in [0.2, 0.25) is 5.91 Å². The van der Waals surface area contributed by atoms with E-state index in [0.717, 1.165) is 31.2 Å². The maximum atomic E-state index is 13.2. The molecule has 0 unspecified atom stereocenters. The van der Waals surface area contributed by atoms with Crippen LogP contribution < -0.4 is 15.8 Å². The first-order valence-corrected chi connectivity index (χ1v) is 14.4. The molecule has 2 saturated heterocycles. The summed E-state index contributed by atoms with van der Waals surface area (Å²) in [6.07, 6.45) is 0.684. The molecule has 2 aliphatic rings. The number of ether oxygens (including phenoxy) is 2. The van der Waals surface area contributed by atoms with E-state index in [1.807, 2.05) is 16.0 Å². The molecule has 2 fully saturated rings. The molecule has 0 saturated carbocycles. The van der Waals surface area contributed by atoms with Gasteiger partial charge >= 0.3 is 0 Å². The van der Waals surface area contributed by atoms with Crippen LogP contribution in [0, 0.1) is 6.92 Å². The molecule has 222 valence electrons. The van der Waals surface area contributed by atoms with Crippen molar-refractivity contribution in [1.29, 1.82) is 0 Å². The zero-order valence-corrected chi connectivity index (χ0v) is 24.9. The number of carbonyl (C=O) groups is 2. The Hall–Kier alpha value is -3.03. The van der Waals surface area contributed by atoms with Crippen molar-refractivity contribution in [3.05, 3.63) is 45.8 Å². The van der Waals surface area contributed by atoms with Crippen LogP contribution in [0.1, 0.15) is 29.7 Å². The summed E-state index contributed by atoms with van der Waals surface area (Å²) >= 11 is 12.2. The van der Waals surface area contributed by atoms with E-state index in [1.54, 1.807) is 25.1 Å². The third kappa shape index (κ3) is 9.50. The number of hydrazine groups is 1. The summed E-state index contributed by atoms with van der Waals surface area (Å²) in [7, 11) is 0. The summed E-state index contributed by atoms with van der Waals surface area (Å²) in [6, 6.07) is 7.09. The lowest BCUT2D eigenvalue weighted by Crippen LogP contribution is -2.49. The van der Waals surface area contributed by atoms with Crippen molar-refractivity contribution in [2.24, 2.45) is 4.99 Å². The molecule has 0 spiro atoms. The van der Waals surface area contributed by atoms with Gasteiger partial charge in [0, 0.05) is 65.2 Å². The number of aryl methyl sites for hydroxylation is 1. The van der Waals surface area contributed by atoms with Crippen LogP contribution >= 0.6 is 23.2 Å². The Kier molecular flexibility index (Phi) is 11.5. The number of piperazine rings is 1. The van der Waals surface area contributed by atoms with Gasteiger partial charge in [-0.1, -0.05) is 23.2 Å². The second kappa shape index (κ2) is 15.3. The van der Waals surface area contributed by atoms with Crippen molar-refractivity contribution in [2.75, 3.05) is 77.2 Å². The number of rotatable bonds is 12. The molecule has 2 aliphatic heterocycles. The summed E-state index contributed by atoms with van der Waals surface area (Å²) in [4.78, 5) is 41.6. The Balaban J connectivity index is 1.21. The van der Waals surface area contributed by atoms with Crippen molar-refractivity contribution in [3.63, 3.8) is 0 Å². The Labute approximate surface area is 250 Å². The molecule has 41 heavy (non-hydrogen) atoms. The molecule has 4 rings (SSSR count). The largest absolute Gasteiger partial charge is 0.378 e. The van der Waals surface area contributed by atoms with Gasteiger partial charge in [-0.05, 0) is 25.1 Å². The van der Waals surface area contributed by atoms with E-state index >= 15 is 0 Å². The maximum Gasteiger partial charge on any atom is 0.272 e. The van der Waals surface area contributed by atoms with E-state index < -0.39 is 0 Å². The standard InChI is InChI=1S/C27H36Cl2N8O4/c1-19-31-24(18-26(32-19)33-25-5-7-37(34-25)21-3-4-22(28)23(29)17-21)27(39)36-10-8-35(9-11-36)12-14-41-16-15-40-13-6-30-20(2)38/h3-4,17-18H,5-16H2,1-2H3,(H,30,38)(H,31,32,33,34). The first-order valence-electron chi connectivity index (χ1n) is 13.6. The quantitative estimate of drug-likeness (QED) is 0.350. The Bertz CT molecular complexity index is 1240. The zero-order chi connectivity index (χ0) is 29.2. The molecule has 0 bridgehead atoms. The lowest BCUT2D eigenvalue weighted by atomic mass is 10.2. The first kappa shape index (κ1) is 30.9. The highest BCUT2D eigenvalue weighted by Gasteiger charge is 2.24. The fraction of sp³-hybridized carbons (Fsp3) is 0.519. The van der Waals surface area contributed by atoms with E-state index in [0.29, 0.717) is 86.4 Å². The predicted molar refractivity (Wildman–Crippen MR) is 158 cm³/mol. The van der Waals surface area contributed by atoms with Crippen LogP contribution in [0.5, 0.6) is 0 Å². The molecule has 2 N–H and O–H groups in total. The lowest BCUT2D eigenvalue weighted by Gasteiger charge is -2.34.